The van der Waals surface area contributed by atoms with E-state index in [9.17, 15) is 14.9 Å². The molecular weight excluding hydrogens is 246 g/mol. The molecule has 1 aromatic rings. The number of nitrogens with zero attached hydrogens (tertiary/aromatic N) is 2. The molecule has 0 saturated carbocycles. The highest BCUT2D eigenvalue weighted by atomic mass is 16.6. The second kappa shape index (κ2) is 5.19. The Labute approximate surface area is 110 Å². The quantitative estimate of drug-likeness (QED) is 0.506. The Morgan fingerprint density at radius 2 is 2.00 bits per heavy atom. The molecule has 0 saturated heterocycles. The minimum atomic E-state index is -0.468. The van der Waals surface area contributed by atoms with Crippen LogP contribution in [0.2, 0.25) is 0 Å². The van der Waals surface area contributed by atoms with Crippen LogP contribution in [0.25, 0.3) is 0 Å². The Hall–Kier alpha value is -2.21. The summed E-state index contributed by atoms with van der Waals surface area (Å²) in [5.41, 5.74) is 6.36. The van der Waals surface area contributed by atoms with Gasteiger partial charge in [-0.2, -0.15) is 0 Å². The predicted octanol–water partition coefficient (Wildman–Crippen LogP) is 1.46. The Kier molecular flexibility index (Phi) is 3.62. The molecule has 1 amide bonds. The molecular formula is C13H15N3O3. The molecule has 2 N–H and O–H groups in total. The van der Waals surface area contributed by atoms with E-state index in [2.05, 4.69) is 0 Å². The van der Waals surface area contributed by atoms with Crippen LogP contribution in [0.3, 0.4) is 0 Å². The molecule has 2 atom stereocenters. The number of amides is 1. The number of hydrogen-bond acceptors (Lipinski definition) is 4. The van der Waals surface area contributed by atoms with Gasteiger partial charge >= 0.3 is 0 Å². The zero-order chi connectivity index (χ0) is 14.0. The molecule has 6 nitrogen and oxygen atoms in total. The first kappa shape index (κ1) is 13.2. The summed E-state index contributed by atoms with van der Waals surface area (Å²) in [7, 11) is 1.65. The van der Waals surface area contributed by atoms with Crippen LogP contribution in [0.4, 0.5) is 11.4 Å². The molecule has 1 aliphatic rings. The van der Waals surface area contributed by atoms with Crippen molar-refractivity contribution in [2.24, 2.45) is 11.7 Å². The third kappa shape index (κ3) is 2.79. The number of non-ortho nitro benzene ring substituents is 1. The van der Waals surface area contributed by atoms with Crippen LogP contribution in [-0.4, -0.2) is 23.9 Å². The van der Waals surface area contributed by atoms with Crippen LogP contribution in [0.1, 0.15) is 6.42 Å². The standard InChI is InChI=1S/C13H15N3O3/c1-15(13(17)9-2-3-10(14)8-9)11-4-6-12(7-5-11)16(18)19/h2-7,9-10H,8,14H2,1H3. The summed E-state index contributed by atoms with van der Waals surface area (Å²) in [5.74, 6) is -0.270. The van der Waals surface area contributed by atoms with E-state index in [1.54, 1.807) is 19.2 Å². The highest BCUT2D eigenvalue weighted by Crippen LogP contribution is 2.23. The molecule has 0 fully saturated rings. The maximum Gasteiger partial charge on any atom is 0.269 e. The van der Waals surface area contributed by atoms with Gasteiger partial charge in [0.2, 0.25) is 5.91 Å². The summed E-state index contributed by atoms with van der Waals surface area (Å²) >= 11 is 0. The molecule has 0 aliphatic heterocycles. The minimum absolute atomic E-state index is 0.00684. The molecule has 0 spiro atoms. The van der Waals surface area contributed by atoms with E-state index in [4.69, 9.17) is 5.73 Å². The predicted molar refractivity (Wildman–Crippen MR) is 71.7 cm³/mol. The van der Waals surface area contributed by atoms with Gasteiger partial charge in [-0.05, 0) is 18.6 Å². The van der Waals surface area contributed by atoms with Crippen LogP contribution in [0.15, 0.2) is 36.4 Å². The number of anilines is 1. The fraction of sp³-hybridized carbons (Fsp3) is 0.308. The van der Waals surface area contributed by atoms with E-state index in [-0.39, 0.29) is 23.6 Å². The van der Waals surface area contributed by atoms with Crippen molar-refractivity contribution in [3.05, 3.63) is 46.5 Å². The van der Waals surface area contributed by atoms with Gasteiger partial charge < -0.3 is 10.6 Å². The molecule has 100 valence electrons. The molecule has 2 rings (SSSR count). The van der Waals surface area contributed by atoms with Gasteiger partial charge in [-0.3, -0.25) is 14.9 Å². The van der Waals surface area contributed by atoms with E-state index in [0.717, 1.165) is 0 Å². The lowest BCUT2D eigenvalue weighted by atomic mass is 10.1. The number of nitrogens with two attached hydrogens (primary N) is 1. The highest BCUT2D eigenvalue weighted by molar-refractivity contribution is 5.96. The van der Waals surface area contributed by atoms with Gasteiger partial charge in [0.15, 0.2) is 0 Å². The molecule has 6 heteroatoms. The van der Waals surface area contributed by atoms with Gasteiger partial charge in [0.25, 0.3) is 5.69 Å². The first-order chi connectivity index (χ1) is 8.99. The lowest BCUT2D eigenvalue weighted by Gasteiger charge is -2.20. The summed E-state index contributed by atoms with van der Waals surface area (Å²) in [6.07, 6.45) is 4.25. The van der Waals surface area contributed by atoms with Crippen molar-refractivity contribution in [2.45, 2.75) is 12.5 Å². The molecule has 2 unspecified atom stereocenters. The van der Waals surface area contributed by atoms with E-state index in [0.29, 0.717) is 12.1 Å². The average Bonchev–Trinajstić information content (AvgIpc) is 2.84. The van der Waals surface area contributed by atoms with Gasteiger partial charge in [0.05, 0.1) is 10.8 Å². The third-order valence-corrected chi connectivity index (χ3v) is 3.21. The summed E-state index contributed by atoms with van der Waals surface area (Å²) < 4.78 is 0. The van der Waals surface area contributed by atoms with Crippen LogP contribution in [0.5, 0.6) is 0 Å². The molecule has 19 heavy (non-hydrogen) atoms. The van der Waals surface area contributed by atoms with Crippen LogP contribution in [0, 0.1) is 16.0 Å². The number of benzene rings is 1. The Morgan fingerprint density at radius 3 is 2.47 bits per heavy atom. The van der Waals surface area contributed by atoms with Crippen molar-refractivity contribution < 1.29 is 9.72 Å². The lowest BCUT2D eigenvalue weighted by molar-refractivity contribution is -0.384. The Balaban J connectivity index is 2.11. The molecule has 0 radical (unpaired) electrons. The lowest BCUT2D eigenvalue weighted by Crippen LogP contribution is -2.32. The number of nitro benzene ring substituents is 1. The SMILES string of the molecule is CN(C(=O)C1C=CC(N)C1)c1ccc([N+](=O)[O-])cc1. The van der Waals surface area contributed by atoms with Crippen molar-refractivity contribution in [3.8, 4) is 0 Å². The van der Waals surface area contributed by atoms with Gasteiger partial charge in [-0.15, -0.1) is 0 Å². The fourth-order valence-corrected chi connectivity index (χ4v) is 2.08. The summed E-state index contributed by atoms with van der Waals surface area (Å²) in [5, 5.41) is 10.6. The van der Waals surface area contributed by atoms with Crippen LogP contribution < -0.4 is 10.6 Å². The average molecular weight is 261 g/mol. The summed E-state index contributed by atoms with van der Waals surface area (Å²) in [6, 6.07) is 5.83. The van der Waals surface area contributed by atoms with Crippen molar-refractivity contribution in [3.63, 3.8) is 0 Å². The first-order valence-corrected chi connectivity index (χ1v) is 5.95. The number of carbonyl (C=O) groups excluding carboxylic acids is 1. The second-order valence-electron chi connectivity index (χ2n) is 4.56. The minimum Gasteiger partial charge on any atom is -0.324 e. The molecule has 1 aliphatic carbocycles. The number of carbonyl (C=O) groups is 1. The maximum atomic E-state index is 12.2. The van der Waals surface area contributed by atoms with E-state index in [1.807, 2.05) is 12.2 Å². The molecule has 0 aromatic heterocycles. The zero-order valence-corrected chi connectivity index (χ0v) is 10.5. The van der Waals surface area contributed by atoms with E-state index < -0.39 is 4.92 Å². The Bertz CT molecular complexity index is 524. The fourth-order valence-electron chi connectivity index (χ4n) is 2.08. The van der Waals surface area contributed by atoms with Crippen molar-refractivity contribution >= 4 is 17.3 Å². The summed E-state index contributed by atoms with van der Waals surface area (Å²) in [4.78, 5) is 23.8. The van der Waals surface area contributed by atoms with Gasteiger partial charge in [0.1, 0.15) is 0 Å². The largest absolute Gasteiger partial charge is 0.324 e. The van der Waals surface area contributed by atoms with E-state index >= 15 is 0 Å². The van der Waals surface area contributed by atoms with Gasteiger partial charge in [-0.1, -0.05) is 12.2 Å². The van der Waals surface area contributed by atoms with Gasteiger partial charge in [0, 0.05) is 30.9 Å². The van der Waals surface area contributed by atoms with Gasteiger partial charge in [-0.25, -0.2) is 0 Å². The summed E-state index contributed by atoms with van der Waals surface area (Å²) in [6.45, 7) is 0. The van der Waals surface area contributed by atoms with Crippen molar-refractivity contribution in [2.75, 3.05) is 11.9 Å². The van der Waals surface area contributed by atoms with Crippen molar-refractivity contribution in [1.82, 2.24) is 0 Å². The third-order valence-electron chi connectivity index (χ3n) is 3.21. The maximum absolute atomic E-state index is 12.2. The molecule has 1 aromatic carbocycles. The normalized spacial score (nSPS) is 21.4. The number of hydrogen-bond donors (Lipinski definition) is 1. The first-order valence-electron chi connectivity index (χ1n) is 5.95. The topological polar surface area (TPSA) is 89.5 Å². The van der Waals surface area contributed by atoms with Crippen molar-refractivity contribution in [1.29, 1.82) is 0 Å². The Morgan fingerprint density at radius 1 is 1.37 bits per heavy atom. The van der Waals surface area contributed by atoms with Crippen LogP contribution >= 0.6 is 0 Å². The monoisotopic (exact) mass is 261 g/mol. The van der Waals surface area contributed by atoms with E-state index in [1.165, 1.54) is 17.0 Å². The second-order valence-corrected chi connectivity index (χ2v) is 4.56. The highest BCUT2D eigenvalue weighted by Gasteiger charge is 2.26. The smallest absolute Gasteiger partial charge is 0.269 e. The van der Waals surface area contributed by atoms with Crippen LogP contribution in [-0.2, 0) is 4.79 Å². The molecule has 0 heterocycles. The molecule has 0 bridgehead atoms. The number of nitro groups is 1. The number of rotatable bonds is 3. The zero-order valence-electron chi connectivity index (χ0n) is 10.5.